The van der Waals surface area contributed by atoms with Gasteiger partial charge in [0.1, 0.15) is 5.01 Å². The van der Waals surface area contributed by atoms with Crippen molar-refractivity contribution in [2.75, 3.05) is 0 Å². The van der Waals surface area contributed by atoms with E-state index in [0.29, 0.717) is 5.56 Å². The van der Waals surface area contributed by atoms with Crippen LogP contribution < -0.4 is 5.32 Å². The summed E-state index contributed by atoms with van der Waals surface area (Å²) in [5.74, 6) is -0.103. The Kier molecular flexibility index (Phi) is 3.93. The summed E-state index contributed by atoms with van der Waals surface area (Å²) in [6.07, 6.45) is 0. The van der Waals surface area contributed by atoms with Crippen LogP contribution in [0.25, 0.3) is 0 Å². The Balaban J connectivity index is 2.29. The van der Waals surface area contributed by atoms with Gasteiger partial charge in [0.25, 0.3) is 5.91 Å². The number of hydrogen-bond donors (Lipinski definition) is 1. The zero-order valence-electron chi connectivity index (χ0n) is 13.7. The van der Waals surface area contributed by atoms with Crippen LogP contribution >= 0.6 is 11.3 Å². The molecule has 5 nitrogen and oxygen atoms in total. The normalized spacial score (nSPS) is 11.8. The summed E-state index contributed by atoms with van der Waals surface area (Å²) in [5.41, 5.74) is 2.78. The number of rotatable bonds is 3. The molecule has 2 heterocycles. The topological polar surface area (TPSA) is 59.8 Å². The molecule has 0 saturated heterocycles. The van der Waals surface area contributed by atoms with Gasteiger partial charge < -0.3 is 5.32 Å². The van der Waals surface area contributed by atoms with Gasteiger partial charge in [0, 0.05) is 17.6 Å². The van der Waals surface area contributed by atoms with Crippen LogP contribution in [0.4, 0.5) is 0 Å². The Morgan fingerprint density at radius 2 is 1.81 bits per heavy atom. The van der Waals surface area contributed by atoms with Gasteiger partial charge >= 0.3 is 0 Å². The van der Waals surface area contributed by atoms with Gasteiger partial charge in [0.05, 0.1) is 22.5 Å². The lowest BCUT2D eigenvalue weighted by Gasteiger charge is -2.24. The Hall–Kier alpha value is -1.69. The second kappa shape index (κ2) is 5.26. The van der Waals surface area contributed by atoms with Crippen LogP contribution in [-0.4, -0.2) is 20.7 Å². The van der Waals surface area contributed by atoms with E-state index in [9.17, 15) is 4.79 Å². The molecule has 6 heteroatoms. The molecule has 0 saturated carbocycles. The van der Waals surface area contributed by atoms with E-state index in [2.05, 4.69) is 15.4 Å². The summed E-state index contributed by atoms with van der Waals surface area (Å²) in [5, 5.41) is 8.30. The number of nitrogens with zero attached hydrogens (tertiary/aromatic N) is 3. The van der Waals surface area contributed by atoms with Crippen LogP contribution in [0.2, 0.25) is 0 Å². The van der Waals surface area contributed by atoms with E-state index in [0.717, 1.165) is 22.1 Å². The standard InChI is InChI=1S/C15H22N4OS/c1-8-11(4)21-14(16-8)15(5,6)17-13(20)12-9(2)18-19(7)10(12)3/h1-7H3,(H,17,20). The van der Waals surface area contributed by atoms with E-state index in [1.807, 2.05) is 48.6 Å². The molecule has 0 fully saturated rings. The zero-order valence-corrected chi connectivity index (χ0v) is 14.5. The minimum absolute atomic E-state index is 0.103. The third-order valence-corrected chi connectivity index (χ3v) is 5.12. The van der Waals surface area contributed by atoms with Crippen molar-refractivity contribution in [1.29, 1.82) is 0 Å². The lowest BCUT2D eigenvalue weighted by atomic mass is 10.1. The highest BCUT2D eigenvalue weighted by atomic mass is 32.1. The highest BCUT2D eigenvalue weighted by Crippen LogP contribution is 2.28. The maximum absolute atomic E-state index is 12.6. The third kappa shape index (κ3) is 2.85. The van der Waals surface area contributed by atoms with Gasteiger partial charge in [-0.2, -0.15) is 5.10 Å². The summed E-state index contributed by atoms with van der Waals surface area (Å²) in [6.45, 7) is 11.7. The molecule has 0 aliphatic heterocycles. The molecule has 0 atom stereocenters. The number of carbonyl (C=O) groups is 1. The van der Waals surface area contributed by atoms with Crippen molar-refractivity contribution in [1.82, 2.24) is 20.1 Å². The number of amides is 1. The number of carbonyl (C=O) groups excluding carboxylic acids is 1. The second-order valence-electron chi connectivity index (χ2n) is 5.91. The largest absolute Gasteiger partial charge is 0.341 e. The van der Waals surface area contributed by atoms with Crippen LogP contribution in [0.5, 0.6) is 0 Å². The Morgan fingerprint density at radius 1 is 1.19 bits per heavy atom. The summed E-state index contributed by atoms with van der Waals surface area (Å²) >= 11 is 1.63. The number of hydrogen-bond acceptors (Lipinski definition) is 4. The molecule has 0 spiro atoms. The molecule has 0 unspecified atom stereocenters. The minimum Gasteiger partial charge on any atom is -0.341 e. The first kappa shape index (κ1) is 15.7. The Morgan fingerprint density at radius 3 is 2.24 bits per heavy atom. The number of aryl methyl sites for hydroxylation is 4. The molecule has 114 valence electrons. The molecule has 2 aromatic heterocycles. The fourth-order valence-electron chi connectivity index (χ4n) is 2.24. The maximum Gasteiger partial charge on any atom is 0.255 e. The van der Waals surface area contributed by atoms with E-state index in [1.54, 1.807) is 16.0 Å². The first-order valence-corrected chi connectivity index (χ1v) is 7.72. The van der Waals surface area contributed by atoms with Crippen LogP contribution in [0.3, 0.4) is 0 Å². The number of nitrogens with one attached hydrogen (secondary N) is 1. The molecular formula is C15H22N4OS. The highest BCUT2D eigenvalue weighted by molar-refractivity contribution is 7.11. The summed E-state index contributed by atoms with van der Waals surface area (Å²) in [7, 11) is 1.85. The van der Waals surface area contributed by atoms with E-state index < -0.39 is 5.54 Å². The second-order valence-corrected chi connectivity index (χ2v) is 7.11. The minimum atomic E-state index is -0.504. The molecule has 2 aromatic rings. The van der Waals surface area contributed by atoms with Gasteiger partial charge in [-0.15, -0.1) is 11.3 Å². The van der Waals surface area contributed by atoms with Crippen LogP contribution in [0.1, 0.15) is 51.2 Å². The number of thiazole rings is 1. The van der Waals surface area contributed by atoms with E-state index in [-0.39, 0.29) is 5.91 Å². The van der Waals surface area contributed by atoms with Crippen molar-refractivity contribution >= 4 is 17.2 Å². The fourth-order valence-corrected chi connectivity index (χ4v) is 3.21. The molecule has 2 rings (SSSR count). The van der Waals surface area contributed by atoms with E-state index in [4.69, 9.17) is 0 Å². The smallest absolute Gasteiger partial charge is 0.255 e. The molecule has 0 radical (unpaired) electrons. The predicted molar refractivity (Wildman–Crippen MR) is 84.8 cm³/mol. The van der Waals surface area contributed by atoms with Gasteiger partial charge in [-0.25, -0.2) is 4.98 Å². The maximum atomic E-state index is 12.6. The third-order valence-electron chi connectivity index (χ3n) is 3.73. The highest BCUT2D eigenvalue weighted by Gasteiger charge is 2.29. The van der Waals surface area contributed by atoms with Crippen molar-refractivity contribution < 1.29 is 4.79 Å². The first-order chi connectivity index (χ1) is 9.63. The van der Waals surface area contributed by atoms with Crippen molar-refractivity contribution in [3.63, 3.8) is 0 Å². The van der Waals surface area contributed by atoms with Gasteiger partial charge in [-0.3, -0.25) is 9.48 Å². The molecular weight excluding hydrogens is 284 g/mol. The van der Waals surface area contributed by atoms with E-state index >= 15 is 0 Å². The fraction of sp³-hybridized carbons (Fsp3) is 0.533. The van der Waals surface area contributed by atoms with Crippen LogP contribution in [-0.2, 0) is 12.6 Å². The van der Waals surface area contributed by atoms with Gasteiger partial charge in [0.2, 0.25) is 0 Å². The Labute approximate surface area is 129 Å². The SMILES string of the molecule is Cc1nc(C(C)(C)NC(=O)c2c(C)nn(C)c2C)sc1C. The zero-order chi connectivity index (χ0) is 15.9. The molecule has 21 heavy (non-hydrogen) atoms. The van der Waals surface area contributed by atoms with Crippen LogP contribution in [0.15, 0.2) is 0 Å². The summed E-state index contributed by atoms with van der Waals surface area (Å²) in [6, 6.07) is 0. The van der Waals surface area contributed by atoms with E-state index in [1.165, 1.54) is 4.88 Å². The molecule has 0 bridgehead atoms. The van der Waals surface area contributed by atoms with Gasteiger partial charge in [-0.1, -0.05) is 0 Å². The summed E-state index contributed by atoms with van der Waals surface area (Å²) in [4.78, 5) is 18.3. The first-order valence-electron chi connectivity index (χ1n) is 6.90. The number of aromatic nitrogens is 3. The van der Waals surface area contributed by atoms with Gasteiger partial charge in [0.15, 0.2) is 0 Å². The van der Waals surface area contributed by atoms with Gasteiger partial charge in [-0.05, 0) is 41.5 Å². The van der Waals surface area contributed by atoms with Crippen molar-refractivity contribution in [3.05, 3.63) is 32.5 Å². The monoisotopic (exact) mass is 306 g/mol. The lowest BCUT2D eigenvalue weighted by Crippen LogP contribution is -2.41. The Bertz CT molecular complexity index is 677. The summed E-state index contributed by atoms with van der Waals surface area (Å²) < 4.78 is 1.73. The van der Waals surface area contributed by atoms with Crippen LogP contribution in [0, 0.1) is 27.7 Å². The predicted octanol–water partition coefficient (Wildman–Crippen LogP) is 2.78. The molecule has 0 aromatic carbocycles. The quantitative estimate of drug-likeness (QED) is 0.948. The molecule has 0 aliphatic carbocycles. The average Bonchev–Trinajstić information content (AvgIpc) is 2.81. The molecule has 1 amide bonds. The molecule has 1 N–H and O–H groups in total. The lowest BCUT2D eigenvalue weighted by molar-refractivity contribution is 0.0910. The molecule has 0 aliphatic rings. The van der Waals surface area contributed by atoms with Crippen molar-refractivity contribution in [2.24, 2.45) is 7.05 Å². The van der Waals surface area contributed by atoms with Crippen molar-refractivity contribution in [2.45, 2.75) is 47.1 Å². The average molecular weight is 306 g/mol. The van der Waals surface area contributed by atoms with Crippen molar-refractivity contribution in [3.8, 4) is 0 Å².